The minimum absolute atomic E-state index is 0.990. The lowest BCUT2D eigenvalue weighted by Gasteiger charge is -2.20. The van der Waals surface area contributed by atoms with Crippen LogP contribution in [0.5, 0.6) is 0 Å². The molecule has 1 nitrogen and oxygen atoms in total. The van der Waals surface area contributed by atoms with Crippen LogP contribution in [0.4, 0.5) is 0 Å². The summed E-state index contributed by atoms with van der Waals surface area (Å²) < 4.78 is 0. The van der Waals surface area contributed by atoms with E-state index in [4.69, 9.17) is 0 Å². The summed E-state index contributed by atoms with van der Waals surface area (Å²) in [6.07, 6.45) is 11.7. The SMILES string of the molecule is C=CCN(CCCCCCCCC)Cc1ccc(C)cc1. The van der Waals surface area contributed by atoms with E-state index in [1.54, 1.807) is 0 Å². The highest BCUT2D eigenvalue weighted by molar-refractivity contribution is 5.21. The van der Waals surface area contributed by atoms with Crippen molar-refractivity contribution in [2.45, 2.75) is 65.3 Å². The first-order valence-corrected chi connectivity index (χ1v) is 8.65. The number of unbranched alkanes of at least 4 members (excludes halogenated alkanes) is 6. The number of benzene rings is 1. The van der Waals surface area contributed by atoms with Crippen LogP contribution in [0.3, 0.4) is 0 Å². The van der Waals surface area contributed by atoms with E-state index >= 15 is 0 Å². The molecule has 0 aliphatic rings. The van der Waals surface area contributed by atoms with Crippen molar-refractivity contribution in [3.8, 4) is 0 Å². The van der Waals surface area contributed by atoms with Gasteiger partial charge in [0.15, 0.2) is 0 Å². The zero-order valence-electron chi connectivity index (χ0n) is 14.1. The van der Waals surface area contributed by atoms with E-state index in [2.05, 4.69) is 49.6 Å². The second-order valence-electron chi connectivity index (χ2n) is 6.13. The van der Waals surface area contributed by atoms with Gasteiger partial charge in [-0.05, 0) is 25.5 Å². The zero-order chi connectivity index (χ0) is 15.3. The standard InChI is InChI=1S/C20H33N/c1-4-6-7-8-9-10-11-17-21(16-5-2)18-20-14-12-19(3)13-15-20/h5,12-15H,2,4,6-11,16-18H2,1,3H3. The van der Waals surface area contributed by atoms with Crippen LogP contribution in [-0.2, 0) is 6.54 Å². The van der Waals surface area contributed by atoms with Crippen LogP contribution in [0.1, 0.15) is 63.0 Å². The van der Waals surface area contributed by atoms with Gasteiger partial charge in [0.2, 0.25) is 0 Å². The summed E-state index contributed by atoms with van der Waals surface area (Å²) in [5.41, 5.74) is 2.74. The predicted octanol–water partition coefficient (Wildman–Crippen LogP) is 5.73. The van der Waals surface area contributed by atoms with Crippen LogP contribution >= 0.6 is 0 Å². The second-order valence-corrected chi connectivity index (χ2v) is 6.13. The quantitative estimate of drug-likeness (QED) is 0.350. The molecule has 0 saturated heterocycles. The molecule has 21 heavy (non-hydrogen) atoms. The Morgan fingerprint density at radius 2 is 1.57 bits per heavy atom. The molecule has 0 radical (unpaired) electrons. The number of hydrogen-bond acceptors (Lipinski definition) is 1. The zero-order valence-corrected chi connectivity index (χ0v) is 14.1. The van der Waals surface area contributed by atoms with Gasteiger partial charge < -0.3 is 0 Å². The molecule has 0 atom stereocenters. The third-order valence-corrected chi connectivity index (χ3v) is 3.99. The van der Waals surface area contributed by atoms with Gasteiger partial charge in [-0.1, -0.05) is 81.4 Å². The van der Waals surface area contributed by atoms with Gasteiger partial charge in [-0.25, -0.2) is 0 Å². The van der Waals surface area contributed by atoms with Crippen LogP contribution in [-0.4, -0.2) is 18.0 Å². The molecule has 0 unspecified atom stereocenters. The van der Waals surface area contributed by atoms with Gasteiger partial charge in [-0.3, -0.25) is 4.90 Å². The Kier molecular flexibility index (Phi) is 9.90. The molecule has 0 N–H and O–H groups in total. The number of aryl methyl sites for hydroxylation is 1. The highest BCUT2D eigenvalue weighted by atomic mass is 15.1. The maximum Gasteiger partial charge on any atom is 0.0237 e. The molecular weight excluding hydrogens is 254 g/mol. The first-order chi connectivity index (χ1) is 10.3. The summed E-state index contributed by atoms with van der Waals surface area (Å²) >= 11 is 0. The molecule has 1 aromatic rings. The third-order valence-electron chi connectivity index (χ3n) is 3.99. The molecular formula is C20H33N. The third kappa shape index (κ3) is 8.72. The molecule has 0 aliphatic heterocycles. The molecule has 0 amide bonds. The summed E-state index contributed by atoms with van der Waals surface area (Å²) in [7, 11) is 0. The molecule has 0 aromatic heterocycles. The minimum atomic E-state index is 0.990. The Bertz CT molecular complexity index is 366. The molecule has 0 spiro atoms. The monoisotopic (exact) mass is 287 g/mol. The Balaban J connectivity index is 2.23. The molecule has 0 heterocycles. The molecule has 118 valence electrons. The van der Waals surface area contributed by atoms with Crippen molar-refractivity contribution in [2.24, 2.45) is 0 Å². The average molecular weight is 287 g/mol. The largest absolute Gasteiger partial charge is 0.295 e. The van der Waals surface area contributed by atoms with Crippen molar-refractivity contribution in [1.29, 1.82) is 0 Å². The number of nitrogens with zero attached hydrogens (tertiary/aromatic N) is 1. The summed E-state index contributed by atoms with van der Waals surface area (Å²) in [5, 5.41) is 0. The highest BCUT2D eigenvalue weighted by Crippen LogP contribution is 2.10. The van der Waals surface area contributed by atoms with Gasteiger partial charge in [0, 0.05) is 13.1 Å². The van der Waals surface area contributed by atoms with Crippen molar-refractivity contribution in [3.63, 3.8) is 0 Å². The molecule has 0 fully saturated rings. The van der Waals surface area contributed by atoms with Gasteiger partial charge in [0.25, 0.3) is 0 Å². The molecule has 0 aliphatic carbocycles. The molecule has 1 heteroatoms. The first kappa shape index (κ1) is 18.0. The summed E-state index contributed by atoms with van der Waals surface area (Å²) in [5.74, 6) is 0. The Labute approximate surface area is 132 Å². The smallest absolute Gasteiger partial charge is 0.0237 e. The minimum Gasteiger partial charge on any atom is -0.295 e. The van der Waals surface area contributed by atoms with E-state index < -0.39 is 0 Å². The highest BCUT2D eigenvalue weighted by Gasteiger charge is 2.04. The maximum atomic E-state index is 3.89. The van der Waals surface area contributed by atoms with Gasteiger partial charge in [-0.15, -0.1) is 6.58 Å². The van der Waals surface area contributed by atoms with Gasteiger partial charge in [0.1, 0.15) is 0 Å². The van der Waals surface area contributed by atoms with Crippen LogP contribution in [0.2, 0.25) is 0 Å². The van der Waals surface area contributed by atoms with Crippen molar-refractivity contribution >= 4 is 0 Å². The first-order valence-electron chi connectivity index (χ1n) is 8.65. The van der Waals surface area contributed by atoms with Crippen molar-refractivity contribution in [3.05, 3.63) is 48.0 Å². The molecule has 0 bridgehead atoms. The van der Waals surface area contributed by atoms with Crippen molar-refractivity contribution < 1.29 is 0 Å². The second kappa shape index (κ2) is 11.6. The normalized spacial score (nSPS) is 11.0. The van der Waals surface area contributed by atoms with Crippen molar-refractivity contribution in [2.75, 3.05) is 13.1 Å². The summed E-state index contributed by atoms with van der Waals surface area (Å²) in [4.78, 5) is 2.50. The maximum absolute atomic E-state index is 3.89. The fraction of sp³-hybridized carbons (Fsp3) is 0.600. The number of hydrogen-bond donors (Lipinski definition) is 0. The lowest BCUT2D eigenvalue weighted by molar-refractivity contribution is 0.286. The Morgan fingerprint density at radius 3 is 2.19 bits per heavy atom. The van der Waals surface area contributed by atoms with E-state index in [1.165, 1.54) is 62.6 Å². The van der Waals surface area contributed by atoms with Gasteiger partial charge in [0.05, 0.1) is 0 Å². The van der Waals surface area contributed by atoms with E-state index in [1.807, 2.05) is 6.08 Å². The van der Waals surface area contributed by atoms with Gasteiger partial charge >= 0.3 is 0 Å². The average Bonchev–Trinajstić information content (AvgIpc) is 2.49. The van der Waals surface area contributed by atoms with Crippen LogP contribution in [0, 0.1) is 6.92 Å². The van der Waals surface area contributed by atoms with E-state index in [0.717, 1.165) is 13.1 Å². The molecule has 1 rings (SSSR count). The van der Waals surface area contributed by atoms with Crippen LogP contribution < -0.4 is 0 Å². The predicted molar refractivity (Wildman–Crippen MR) is 94.6 cm³/mol. The molecule has 0 saturated carbocycles. The summed E-state index contributed by atoms with van der Waals surface area (Å²) in [6, 6.07) is 8.90. The Hall–Kier alpha value is -1.08. The van der Waals surface area contributed by atoms with Crippen molar-refractivity contribution in [1.82, 2.24) is 4.90 Å². The lowest BCUT2D eigenvalue weighted by Crippen LogP contribution is -2.24. The Morgan fingerprint density at radius 1 is 0.952 bits per heavy atom. The fourth-order valence-corrected chi connectivity index (χ4v) is 2.66. The summed E-state index contributed by atoms with van der Waals surface area (Å²) in [6.45, 7) is 11.5. The van der Waals surface area contributed by atoms with Crippen LogP contribution in [0.15, 0.2) is 36.9 Å². The topological polar surface area (TPSA) is 3.24 Å². The molecule has 1 aromatic carbocycles. The van der Waals surface area contributed by atoms with Crippen LogP contribution in [0.25, 0.3) is 0 Å². The fourth-order valence-electron chi connectivity index (χ4n) is 2.66. The van der Waals surface area contributed by atoms with E-state index in [-0.39, 0.29) is 0 Å². The van der Waals surface area contributed by atoms with Gasteiger partial charge in [-0.2, -0.15) is 0 Å². The van der Waals surface area contributed by atoms with E-state index in [0.29, 0.717) is 0 Å². The lowest BCUT2D eigenvalue weighted by atomic mass is 10.1. The van der Waals surface area contributed by atoms with E-state index in [9.17, 15) is 0 Å². The number of rotatable bonds is 12.